The van der Waals surface area contributed by atoms with Crippen LogP contribution in [0.5, 0.6) is 5.75 Å². The quantitative estimate of drug-likeness (QED) is 0.746. The Kier molecular flexibility index (Phi) is 5.03. The first-order valence-corrected chi connectivity index (χ1v) is 8.50. The molecule has 1 atom stereocenters. The molecule has 1 aromatic carbocycles. The number of hydrogen-bond donors (Lipinski definition) is 1. The lowest BCUT2D eigenvalue weighted by atomic mass is 10.1. The van der Waals surface area contributed by atoms with Gasteiger partial charge in [0.25, 0.3) is 0 Å². The van der Waals surface area contributed by atoms with Crippen molar-refractivity contribution >= 4 is 16.8 Å². The molecule has 5 nitrogen and oxygen atoms in total. The highest BCUT2D eigenvalue weighted by molar-refractivity contribution is 5.93. The second-order valence-corrected chi connectivity index (χ2v) is 6.04. The van der Waals surface area contributed by atoms with Gasteiger partial charge in [0.15, 0.2) is 0 Å². The molecule has 3 rings (SSSR count). The van der Waals surface area contributed by atoms with E-state index in [1.165, 1.54) is 0 Å². The molecule has 0 saturated carbocycles. The van der Waals surface area contributed by atoms with Gasteiger partial charge in [-0.05, 0) is 43.7 Å². The Morgan fingerprint density at radius 3 is 2.84 bits per heavy atom. The van der Waals surface area contributed by atoms with Crippen LogP contribution in [-0.2, 0) is 11.2 Å². The van der Waals surface area contributed by atoms with Crippen LogP contribution in [0.2, 0.25) is 0 Å². The number of nitrogens with zero attached hydrogens (tertiary/aromatic N) is 2. The van der Waals surface area contributed by atoms with E-state index in [-0.39, 0.29) is 11.9 Å². The highest BCUT2D eigenvalue weighted by atomic mass is 16.5. The molecule has 0 aliphatic carbocycles. The summed E-state index contributed by atoms with van der Waals surface area (Å²) in [5, 5.41) is 0.983. The molecule has 1 N–H and O–H groups in total. The number of hydrogen-bond acceptors (Lipinski definition) is 3. The summed E-state index contributed by atoms with van der Waals surface area (Å²) in [6.07, 6.45) is 3.96. The second kappa shape index (κ2) is 7.38. The van der Waals surface area contributed by atoms with Crippen LogP contribution >= 0.6 is 0 Å². The molecule has 2 heterocycles. The molecule has 0 spiro atoms. The minimum Gasteiger partial charge on any atom is -0.493 e. The number of rotatable bonds is 6. The second-order valence-electron chi connectivity index (χ2n) is 6.04. The standard InChI is InChI=1S/C20H23N3O2/c1-4-25-18-10-7-9-17-20(18)15(13-22-17)12-19(24)23(3)14(2)16-8-5-6-11-21-16/h5-11,13-14,22H,4,12H2,1-3H3/t14-/m0/s1. The number of H-pyrrole nitrogens is 1. The molecule has 0 unspecified atom stereocenters. The molecule has 1 amide bonds. The molecule has 130 valence electrons. The first-order valence-electron chi connectivity index (χ1n) is 8.50. The summed E-state index contributed by atoms with van der Waals surface area (Å²) in [4.78, 5) is 22.1. The maximum Gasteiger partial charge on any atom is 0.227 e. The molecule has 3 aromatic rings. The van der Waals surface area contributed by atoms with E-state index in [9.17, 15) is 4.79 Å². The predicted molar refractivity (Wildman–Crippen MR) is 98.6 cm³/mol. The van der Waals surface area contributed by atoms with Gasteiger partial charge in [-0.2, -0.15) is 0 Å². The third-order valence-electron chi connectivity index (χ3n) is 4.48. The van der Waals surface area contributed by atoms with Gasteiger partial charge in [-0.15, -0.1) is 0 Å². The minimum absolute atomic E-state index is 0.0466. The van der Waals surface area contributed by atoms with Crippen molar-refractivity contribution in [3.8, 4) is 5.75 Å². The lowest BCUT2D eigenvalue weighted by molar-refractivity contribution is -0.131. The first kappa shape index (κ1) is 17.0. The van der Waals surface area contributed by atoms with Gasteiger partial charge in [0.05, 0.1) is 24.8 Å². The van der Waals surface area contributed by atoms with E-state index >= 15 is 0 Å². The Balaban J connectivity index is 1.82. The van der Waals surface area contributed by atoms with Gasteiger partial charge in [-0.1, -0.05) is 12.1 Å². The SMILES string of the molecule is CCOc1cccc2[nH]cc(CC(=O)N(C)[C@@H](C)c3ccccn3)c12. The minimum atomic E-state index is -0.0785. The predicted octanol–water partition coefficient (Wildman–Crippen LogP) is 3.72. The summed E-state index contributed by atoms with van der Waals surface area (Å²) in [6.45, 7) is 4.54. The Morgan fingerprint density at radius 2 is 2.12 bits per heavy atom. The Bertz CT molecular complexity index is 858. The highest BCUT2D eigenvalue weighted by Gasteiger charge is 2.20. The van der Waals surface area contributed by atoms with Gasteiger partial charge >= 0.3 is 0 Å². The molecular weight excluding hydrogens is 314 g/mol. The number of amides is 1. The Hall–Kier alpha value is -2.82. The van der Waals surface area contributed by atoms with E-state index < -0.39 is 0 Å². The van der Waals surface area contributed by atoms with Gasteiger partial charge < -0.3 is 14.6 Å². The van der Waals surface area contributed by atoms with Crippen LogP contribution in [0.1, 0.15) is 31.1 Å². The van der Waals surface area contributed by atoms with Crippen molar-refractivity contribution in [1.29, 1.82) is 0 Å². The number of fused-ring (bicyclic) bond motifs is 1. The molecule has 0 aliphatic rings. The molecule has 0 bridgehead atoms. The number of ether oxygens (including phenoxy) is 1. The topological polar surface area (TPSA) is 58.2 Å². The summed E-state index contributed by atoms with van der Waals surface area (Å²) < 4.78 is 5.72. The summed E-state index contributed by atoms with van der Waals surface area (Å²) in [5.74, 6) is 0.856. The lowest BCUT2D eigenvalue weighted by Gasteiger charge is -2.24. The first-order chi connectivity index (χ1) is 12.1. The van der Waals surface area contributed by atoms with Crippen LogP contribution in [0.3, 0.4) is 0 Å². The third kappa shape index (κ3) is 3.50. The number of nitrogens with one attached hydrogen (secondary N) is 1. The maximum atomic E-state index is 12.8. The monoisotopic (exact) mass is 337 g/mol. The number of aromatic nitrogens is 2. The van der Waals surface area contributed by atoms with Crippen LogP contribution in [-0.4, -0.2) is 34.4 Å². The van der Waals surface area contributed by atoms with Crippen LogP contribution in [0, 0.1) is 0 Å². The highest BCUT2D eigenvalue weighted by Crippen LogP contribution is 2.30. The Morgan fingerprint density at radius 1 is 1.28 bits per heavy atom. The number of carbonyl (C=O) groups is 1. The van der Waals surface area contributed by atoms with Crippen LogP contribution in [0.4, 0.5) is 0 Å². The molecule has 0 radical (unpaired) electrons. The molecule has 0 fully saturated rings. The van der Waals surface area contributed by atoms with Crippen molar-refractivity contribution in [1.82, 2.24) is 14.9 Å². The average Bonchev–Trinajstić information content (AvgIpc) is 3.05. The number of benzene rings is 1. The molecule has 5 heteroatoms. The van der Waals surface area contributed by atoms with E-state index in [0.717, 1.165) is 27.9 Å². The fourth-order valence-electron chi connectivity index (χ4n) is 2.96. The van der Waals surface area contributed by atoms with Gasteiger partial charge in [0.2, 0.25) is 5.91 Å². The summed E-state index contributed by atoms with van der Waals surface area (Å²) in [7, 11) is 1.82. The largest absolute Gasteiger partial charge is 0.493 e. The van der Waals surface area contributed by atoms with Crippen molar-refractivity contribution in [2.75, 3.05) is 13.7 Å². The van der Waals surface area contributed by atoms with Gasteiger partial charge in [-0.3, -0.25) is 9.78 Å². The zero-order valence-corrected chi connectivity index (χ0v) is 14.8. The van der Waals surface area contributed by atoms with Gasteiger partial charge in [0.1, 0.15) is 5.75 Å². The fraction of sp³-hybridized carbons (Fsp3) is 0.300. The number of carbonyl (C=O) groups excluding carboxylic acids is 1. The van der Waals surface area contributed by atoms with E-state index in [4.69, 9.17) is 4.74 Å². The van der Waals surface area contributed by atoms with Crippen molar-refractivity contribution in [2.45, 2.75) is 26.3 Å². The van der Waals surface area contributed by atoms with E-state index in [1.54, 1.807) is 11.1 Å². The molecular formula is C20H23N3O2. The number of aromatic amines is 1. The summed E-state index contributed by atoms with van der Waals surface area (Å²) >= 11 is 0. The van der Waals surface area contributed by atoms with E-state index in [1.807, 2.05) is 63.5 Å². The third-order valence-corrected chi connectivity index (χ3v) is 4.48. The average molecular weight is 337 g/mol. The molecule has 0 saturated heterocycles. The van der Waals surface area contributed by atoms with Crippen molar-refractivity contribution in [3.63, 3.8) is 0 Å². The van der Waals surface area contributed by atoms with E-state index in [2.05, 4.69) is 9.97 Å². The zero-order valence-electron chi connectivity index (χ0n) is 14.8. The van der Waals surface area contributed by atoms with Crippen LogP contribution in [0.25, 0.3) is 10.9 Å². The normalized spacial score (nSPS) is 12.1. The maximum absolute atomic E-state index is 12.8. The van der Waals surface area contributed by atoms with Crippen molar-refractivity contribution in [3.05, 3.63) is 60.0 Å². The fourth-order valence-corrected chi connectivity index (χ4v) is 2.96. The van der Waals surface area contributed by atoms with E-state index in [0.29, 0.717) is 13.0 Å². The van der Waals surface area contributed by atoms with Gasteiger partial charge in [0, 0.05) is 30.3 Å². The molecule has 25 heavy (non-hydrogen) atoms. The smallest absolute Gasteiger partial charge is 0.227 e. The summed E-state index contributed by atoms with van der Waals surface area (Å²) in [6, 6.07) is 11.5. The van der Waals surface area contributed by atoms with Crippen LogP contribution < -0.4 is 4.74 Å². The molecule has 2 aromatic heterocycles. The summed E-state index contributed by atoms with van der Waals surface area (Å²) in [5.41, 5.74) is 2.81. The van der Waals surface area contributed by atoms with Gasteiger partial charge in [-0.25, -0.2) is 0 Å². The number of likely N-dealkylation sites (N-methyl/N-ethyl adjacent to an activating group) is 1. The lowest BCUT2D eigenvalue weighted by Crippen LogP contribution is -2.31. The van der Waals surface area contributed by atoms with Crippen molar-refractivity contribution < 1.29 is 9.53 Å². The Labute approximate surface area is 147 Å². The van der Waals surface area contributed by atoms with Crippen LogP contribution in [0.15, 0.2) is 48.8 Å². The molecule has 0 aliphatic heterocycles. The van der Waals surface area contributed by atoms with Crippen molar-refractivity contribution in [2.24, 2.45) is 0 Å². The number of pyridine rings is 1. The zero-order chi connectivity index (χ0) is 17.8.